The van der Waals surface area contributed by atoms with Gasteiger partial charge in [0.05, 0.1) is 13.2 Å². The molecule has 1 aliphatic rings. The third-order valence-electron chi connectivity index (χ3n) is 2.74. The lowest BCUT2D eigenvalue weighted by Crippen LogP contribution is -2.31. The van der Waals surface area contributed by atoms with Crippen molar-refractivity contribution in [3.63, 3.8) is 0 Å². The summed E-state index contributed by atoms with van der Waals surface area (Å²) in [5.41, 5.74) is -0.939. The molecular formula is C11H14N2O5. The molecule has 1 N–H and O–H groups in total. The molecule has 2 heterocycles. The minimum absolute atomic E-state index is 0.0673. The van der Waals surface area contributed by atoms with Gasteiger partial charge in [-0.3, -0.25) is 19.1 Å². The molecule has 2 rings (SSSR count). The molecule has 1 aromatic rings. The van der Waals surface area contributed by atoms with Crippen LogP contribution in [-0.4, -0.2) is 28.7 Å². The van der Waals surface area contributed by atoms with Crippen molar-refractivity contribution in [3.8, 4) is 0 Å². The van der Waals surface area contributed by atoms with Crippen molar-refractivity contribution in [2.24, 2.45) is 5.92 Å². The van der Waals surface area contributed by atoms with E-state index in [0.717, 1.165) is 0 Å². The summed E-state index contributed by atoms with van der Waals surface area (Å²) in [4.78, 5) is 35.3. The van der Waals surface area contributed by atoms with E-state index in [0.29, 0.717) is 13.0 Å². The fourth-order valence-electron chi connectivity index (χ4n) is 1.87. The van der Waals surface area contributed by atoms with Gasteiger partial charge in [-0.25, -0.2) is 4.79 Å². The van der Waals surface area contributed by atoms with Crippen LogP contribution < -0.4 is 11.2 Å². The predicted octanol–water partition coefficient (Wildman–Crippen LogP) is -0.365. The molecule has 1 fully saturated rings. The van der Waals surface area contributed by atoms with Gasteiger partial charge in [-0.05, 0) is 0 Å². The summed E-state index contributed by atoms with van der Waals surface area (Å²) >= 11 is 0. The minimum atomic E-state index is -0.499. The smallest absolute Gasteiger partial charge is 0.330 e. The van der Waals surface area contributed by atoms with E-state index in [1.165, 1.54) is 23.8 Å². The Kier molecular flexibility index (Phi) is 3.61. The van der Waals surface area contributed by atoms with Crippen molar-refractivity contribution in [2.45, 2.75) is 19.6 Å². The van der Waals surface area contributed by atoms with Crippen LogP contribution in [-0.2, 0) is 14.3 Å². The van der Waals surface area contributed by atoms with Crippen molar-refractivity contribution >= 4 is 5.97 Å². The van der Waals surface area contributed by atoms with Gasteiger partial charge in [0, 0.05) is 31.5 Å². The van der Waals surface area contributed by atoms with E-state index in [1.54, 1.807) is 0 Å². The third kappa shape index (κ3) is 2.86. The highest BCUT2D eigenvalue weighted by Gasteiger charge is 2.28. The molecule has 0 aliphatic carbocycles. The molecule has 0 aromatic carbocycles. The molecule has 7 heteroatoms. The molecule has 0 radical (unpaired) electrons. The lowest BCUT2D eigenvalue weighted by molar-refractivity contribution is -0.142. The maximum Gasteiger partial charge on any atom is 0.330 e. The van der Waals surface area contributed by atoms with Gasteiger partial charge in [0.1, 0.15) is 6.23 Å². The lowest BCUT2D eigenvalue weighted by Gasteiger charge is -2.12. The van der Waals surface area contributed by atoms with Crippen molar-refractivity contribution in [3.05, 3.63) is 33.1 Å². The molecule has 98 valence electrons. The van der Waals surface area contributed by atoms with Crippen LogP contribution in [0.15, 0.2) is 21.9 Å². The van der Waals surface area contributed by atoms with Crippen molar-refractivity contribution in [1.29, 1.82) is 0 Å². The topological polar surface area (TPSA) is 90.4 Å². The number of H-pyrrole nitrogens is 1. The number of hydrogen-bond acceptors (Lipinski definition) is 5. The Morgan fingerprint density at radius 3 is 3.06 bits per heavy atom. The first-order valence-corrected chi connectivity index (χ1v) is 5.62. The van der Waals surface area contributed by atoms with Crippen LogP contribution >= 0.6 is 0 Å². The Balaban J connectivity index is 2.02. The summed E-state index contributed by atoms with van der Waals surface area (Å²) in [6.07, 6.45) is 1.55. The molecule has 0 saturated carbocycles. The zero-order valence-electron chi connectivity index (χ0n) is 9.92. The minimum Gasteiger partial charge on any atom is -0.465 e. The Labute approximate surface area is 102 Å². The van der Waals surface area contributed by atoms with E-state index < -0.39 is 17.5 Å². The molecule has 1 aromatic heterocycles. The number of aromatic nitrogens is 2. The van der Waals surface area contributed by atoms with Crippen LogP contribution in [0.2, 0.25) is 0 Å². The lowest BCUT2D eigenvalue weighted by atomic mass is 10.1. The number of esters is 1. The zero-order chi connectivity index (χ0) is 13.1. The highest BCUT2D eigenvalue weighted by Crippen LogP contribution is 2.26. The van der Waals surface area contributed by atoms with Gasteiger partial charge in [0.15, 0.2) is 0 Å². The Morgan fingerprint density at radius 2 is 2.39 bits per heavy atom. The number of carbonyl (C=O) groups is 1. The summed E-state index contributed by atoms with van der Waals surface area (Å²) in [5, 5.41) is 0. The third-order valence-corrected chi connectivity index (χ3v) is 2.74. The van der Waals surface area contributed by atoms with Gasteiger partial charge in [-0.15, -0.1) is 0 Å². The average Bonchev–Trinajstić information content (AvgIpc) is 2.75. The summed E-state index contributed by atoms with van der Waals surface area (Å²) in [7, 11) is 0. The molecule has 1 aliphatic heterocycles. The van der Waals surface area contributed by atoms with E-state index >= 15 is 0 Å². The molecule has 2 atom stereocenters. The van der Waals surface area contributed by atoms with Gasteiger partial charge in [0.25, 0.3) is 5.56 Å². The molecule has 0 spiro atoms. The number of nitrogens with one attached hydrogen (secondary N) is 1. The first kappa shape index (κ1) is 12.6. The maximum atomic E-state index is 11.5. The molecule has 0 bridgehead atoms. The van der Waals surface area contributed by atoms with Crippen LogP contribution in [0.1, 0.15) is 19.6 Å². The fraction of sp³-hybridized carbons (Fsp3) is 0.545. The van der Waals surface area contributed by atoms with Gasteiger partial charge in [-0.1, -0.05) is 0 Å². The number of aromatic amines is 1. The Morgan fingerprint density at radius 1 is 1.61 bits per heavy atom. The molecule has 7 nitrogen and oxygen atoms in total. The molecule has 0 unspecified atom stereocenters. The van der Waals surface area contributed by atoms with Gasteiger partial charge >= 0.3 is 11.7 Å². The zero-order valence-corrected chi connectivity index (χ0v) is 9.92. The monoisotopic (exact) mass is 254 g/mol. The quantitative estimate of drug-likeness (QED) is 0.743. The van der Waals surface area contributed by atoms with Crippen LogP contribution in [0.5, 0.6) is 0 Å². The highest BCUT2D eigenvalue weighted by molar-refractivity contribution is 5.65. The van der Waals surface area contributed by atoms with E-state index in [4.69, 9.17) is 9.47 Å². The summed E-state index contributed by atoms with van der Waals surface area (Å²) < 4.78 is 11.7. The van der Waals surface area contributed by atoms with Crippen LogP contribution in [0.25, 0.3) is 0 Å². The predicted molar refractivity (Wildman–Crippen MR) is 61.1 cm³/mol. The molecule has 0 amide bonds. The van der Waals surface area contributed by atoms with Crippen LogP contribution in [0.3, 0.4) is 0 Å². The van der Waals surface area contributed by atoms with Crippen molar-refractivity contribution < 1.29 is 14.3 Å². The second-order valence-corrected chi connectivity index (χ2v) is 4.21. The van der Waals surface area contributed by atoms with E-state index in [-0.39, 0.29) is 18.5 Å². The molecule has 1 saturated heterocycles. The van der Waals surface area contributed by atoms with Crippen molar-refractivity contribution in [2.75, 3.05) is 13.2 Å². The van der Waals surface area contributed by atoms with Gasteiger partial charge in [-0.2, -0.15) is 0 Å². The number of rotatable bonds is 3. The maximum absolute atomic E-state index is 11.5. The summed E-state index contributed by atoms with van der Waals surface area (Å²) in [6, 6.07) is 1.27. The number of nitrogens with zero attached hydrogens (tertiary/aromatic N) is 1. The van der Waals surface area contributed by atoms with E-state index in [1.807, 2.05) is 0 Å². The second kappa shape index (κ2) is 5.18. The average molecular weight is 254 g/mol. The van der Waals surface area contributed by atoms with Gasteiger partial charge < -0.3 is 9.47 Å². The number of carbonyl (C=O) groups excluding carboxylic acids is 1. The first-order chi connectivity index (χ1) is 8.56. The molecular weight excluding hydrogens is 240 g/mol. The Hall–Kier alpha value is -1.89. The first-order valence-electron chi connectivity index (χ1n) is 5.62. The van der Waals surface area contributed by atoms with Crippen LogP contribution in [0.4, 0.5) is 0 Å². The SMILES string of the molecule is CC(=O)OC[C@H]1CO[C@@H](n2ccc(=O)[nH]c2=O)C1. The molecule has 18 heavy (non-hydrogen) atoms. The summed E-state index contributed by atoms with van der Waals surface area (Å²) in [6.45, 7) is 2.05. The van der Waals surface area contributed by atoms with E-state index in [9.17, 15) is 14.4 Å². The summed E-state index contributed by atoms with van der Waals surface area (Å²) in [5.74, 6) is -0.266. The van der Waals surface area contributed by atoms with E-state index in [2.05, 4.69) is 4.98 Å². The van der Waals surface area contributed by atoms with Crippen LogP contribution in [0, 0.1) is 5.92 Å². The standard InChI is InChI=1S/C11H14N2O5/c1-7(14)17-5-8-4-10(18-6-8)13-3-2-9(15)12-11(13)16/h2-3,8,10H,4-6H2,1H3,(H,12,15,16)/t8-,10+/m0/s1. The highest BCUT2D eigenvalue weighted by atomic mass is 16.5. The normalized spacial score (nSPS) is 22.9. The Bertz CT molecular complexity index is 547. The fourth-order valence-corrected chi connectivity index (χ4v) is 1.87. The van der Waals surface area contributed by atoms with Crippen molar-refractivity contribution in [1.82, 2.24) is 9.55 Å². The number of ether oxygens (including phenoxy) is 2. The van der Waals surface area contributed by atoms with Gasteiger partial charge in [0.2, 0.25) is 0 Å². The largest absolute Gasteiger partial charge is 0.465 e. The second-order valence-electron chi connectivity index (χ2n) is 4.21. The number of hydrogen-bond donors (Lipinski definition) is 1.